The molecule has 2 aromatic rings. The van der Waals surface area contributed by atoms with Crippen molar-refractivity contribution in [3.8, 4) is 0 Å². The van der Waals surface area contributed by atoms with Crippen LogP contribution in [0.2, 0.25) is 0 Å². The Bertz CT molecular complexity index is 779. The zero-order valence-corrected chi connectivity index (χ0v) is 13.9. The van der Waals surface area contributed by atoms with Crippen molar-refractivity contribution >= 4 is 16.8 Å². The second-order valence-electron chi connectivity index (χ2n) is 7.07. The van der Waals surface area contributed by atoms with E-state index in [-0.39, 0.29) is 17.4 Å². The van der Waals surface area contributed by atoms with E-state index < -0.39 is 11.7 Å². The predicted molar refractivity (Wildman–Crippen MR) is 84.5 cm³/mol. The minimum atomic E-state index is -4.40. The Labute approximate surface area is 138 Å². The van der Waals surface area contributed by atoms with Gasteiger partial charge >= 0.3 is 6.18 Å². The van der Waals surface area contributed by atoms with Gasteiger partial charge in [-0.2, -0.15) is 18.3 Å². The summed E-state index contributed by atoms with van der Waals surface area (Å²) < 4.78 is 39.6. The van der Waals surface area contributed by atoms with E-state index in [1.807, 2.05) is 13.8 Å². The highest BCUT2D eigenvalue weighted by molar-refractivity contribution is 5.83. The molecule has 1 N–H and O–H groups in total. The average Bonchev–Trinajstić information content (AvgIpc) is 2.91. The smallest absolute Gasteiger partial charge is 0.338 e. The van der Waals surface area contributed by atoms with Crippen molar-refractivity contribution in [1.82, 2.24) is 15.1 Å². The Balaban J connectivity index is 2.03. The third-order valence-corrected chi connectivity index (χ3v) is 4.92. The van der Waals surface area contributed by atoms with Crippen LogP contribution in [-0.4, -0.2) is 33.1 Å². The third kappa shape index (κ3) is 2.87. The van der Waals surface area contributed by atoms with Gasteiger partial charge in [0.2, 0.25) is 5.91 Å². The molecule has 1 atom stereocenters. The summed E-state index contributed by atoms with van der Waals surface area (Å²) in [6.07, 6.45) is -1.56. The van der Waals surface area contributed by atoms with Crippen molar-refractivity contribution in [3.63, 3.8) is 0 Å². The van der Waals surface area contributed by atoms with Crippen LogP contribution >= 0.6 is 0 Å². The van der Waals surface area contributed by atoms with Gasteiger partial charge in [0.25, 0.3) is 0 Å². The van der Waals surface area contributed by atoms with Gasteiger partial charge in [-0.15, -0.1) is 0 Å². The topological polar surface area (TPSA) is 49.0 Å². The second kappa shape index (κ2) is 5.50. The van der Waals surface area contributed by atoms with Crippen LogP contribution < -0.4 is 0 Å². The normalized spacial score (nSPS) is 21.2. The highest BCUT2D eigenvalue weighted by Crippen LogP contribution is 2.42. The van der Waals surface area contributed by atoms with Crippen LogP contribution in [0.1, 0.15) is 50.7 Å². The Hall–Kier alpha value is -2.05. The molecule has 0 aliphatic carbocycles. The number of aromatic nitrogens is 2. The van der Waals surface area contributed by atoms with E-state index in [1.54, 1.807) is 11.1 Å². The van der Waals surface area contributed by atoms with Crippen LogP contribution in [0.5, 0.6) is 0 Å². The number of hydrogen-bond acceptors (Lipinski definition) is 2. The zero-order valence-electron chi connectivity index (χ0n) is 13.9. The van der Waals surface area contributed by atoms with E-state index in [0.29, 0.717) is 30.5 Å². The molecular formula is C17H20F3N3O. The van der Waals surface area contributed by atoms with Crippen molar-refractivity contribution in [2.24, 2.45) is 0 Å². The number of H-pyrrole nitrogens is 1. The molecule has 0 spiro atoms. The Morgan fingerprint density at radius 1 is 1.38 bits per heavy atom. The lowest BCUT2D eigenvalue weighted by Crippen LogP contribution is -2.51. The molecule has 0 saturated carbocycles. The number of amides is 1. The van der Waals surface area contributed by atoms with Gasteiger partial charge in [0, 0.05) is 24.4 Å². The Morgan fingerprint density at radius 2 is 2.08 bits per heavy atom. The van der Waals surface area contributed by atoms with Gasteiger partial charge in [-0.25, -0.2) is 0 Å². The number of likely N-dealkylation sites (tertiary alicyclic amines) is 1. The molecule has 7 heteroatoms. The number of nitrogens with zero attached hydrogens (tertiary/aromatic N) is 2. The van der Waals surface area contributed by atoms with Gasteiger partial charge in [0.05, 0.1) is 17.3 Å². The maximum absolute atomic E-state index is 13.2. The Kier molecular flexibility index (Phi) is 3.85. The van der Waals surface area contributed by atoms with Crippen LogP contribution in [0, 0.1) is 0 Å². The number of carbonyl (C=O) groups is 1. The first-order chi connectivity index (χ1) is 11.1. The summed E-state index contributed by atoms with van der Waals surface area (Å²) in [5.41, 5.74) is -0.00323. The van der Waals surface area contributed by atoms with Crippen molar-refractivity contribution in [2.45, 2.75) is 51.2 Å². The van der Waals surface area contributed by atoms with E-state index in [0.717, 1.165) is 11.5 Å². The van der Waals surface area contributed by atoms with Gasteiger partial charge in [-0.3, -0.25) is 9.89 Å². The first-order valence-electron chi connectivity index (χ1n) is 7.92. The number of nitrogens with one attached hydrogen (secondary N) is 1. The molecule has 0 radical (unpaired) electrons. The molecule has 1 aromatic heterocycles. The third-order valence-electron chi connectivity index (χ3n) is 4.92. The standard InChI is InChI=1S/C17H20F3N3O/c1-10(24)23-5-4-11(8-16(23,2)3)13-6-12(17(18,19)20)7-15-14(13)9-21-22-15/h6-7,9,11H,4-5,8H2,1-3H3,(H,21,22). The fraction of sp³-hybridized carbons (Fsp3) is 0.529. The van der Waals surface area contributed by atoms with E-state index in [2.05, 4.69) is 10.2 Å². The molecule has 2 heterocycles. The number of benzene rings is 1. The van der Waals surface area contributed by atoms with Crippen molar-refractivity contribution in [1.29, 1.82) is 0 Å². The maximum atomic E-state index is 13.2. The van der Waals surface area contributed by atoms with E-state index in [4.69, 9.17) is 0 Å². The number of carbonyl (C=O) groups excluding carboxylic acids is 1. The number of halogens is 3. The van der Waals surface area contributed by atoms with Crippen LogP contribution in [0.3, 0.4) is 0 Å². The highest BCUT2D eigenvalue weighted by atomic mass is 19.4. The lowest BCUT2D eigenvalue weighted by atomic mass is 9.78. The predicted octanol–water partition coefficient (Wildman–Crippen LogP) is 4.09. The largest absolute Gasteiger partial charge is 0.416 e. The molecule has 0 bridgehead atoms. The molecule has 1 unspecified atom stereocenters. The van der Waals surface area contributed by atoms with Crippen molar-refractivity contribution < 1.29 is 18.0 Å². The summed E-state index contributed by atoms with van der Waals surface area (Å²) in [5, 5.41) is 7.27. The van der Waals surface area contributed by atoms with Crippen LogP contribution in [-0.2, 0) is 11.0 Å². The van der Waals surface area contributed by atoms with Crippen LogP contribution in [0.4, 0.5) is 13.2 Å². The zero-order chi connectivity index (χ0) is 17.7. The molecule has 4 nitrogen and oxygen atoms in total. The summed E-state index contributed by atoms with van der Waals surface area (Å²) in [4.78, 5) is 13.6. The Morgan fingerprint density at radius 3 is 2.67 bits per heavy atom. The fourth-order valence-electron chi connectivity index (χ4n) is 3.83. The summed E-state index contributed by atoms with van der Waals surface area (Å²) in [5.74, 6) is -0.0473. The quantitative estimate of drug-likeness (QED) is 0.851. The van der Waals surface area contributed by atoms with E-state index >= 15 is 0 Å². The molecular weight excluding hydrogens is 319 g/mol. The SMILES string of the molecule is CC(=O)N1CCC(c2cc(C(F)(F)F)cc3[nH]ncc23)CC1(C)C. The van der Waals surface area contributed by atoms with Crippen molar-refractivity contribution in [2.75, 3.05) is 6.54 Å². The number of fused-ring (bicyclic) bond motifs is 1. The number of hydrogen-bond donors (Lipinski definition) is 1. The molecule has 1 fully saturated rings. The van der Waals surface area contributed by atoms with Crippen LogP contribution in [0.15, 0.2) is 18.3 Å². The molecule has 3 rings (SSSR count). The number of rotatable bonds is 1. The highest BCUT2D eigenvalue weighted by Gasteiger charge is 2.38. The van der Waals surface area contributed by atoms with Crippen LogP contribution in [0.25, 0.3) is 10.9 Å². The van der Waals surface area contributed by atoms with Crippen molar-refractivity contribution in [3.05, 3.63) is 29.5 Å². The molecule has 24 heavy (non-hydrogen) atoms. The fourth-order valence-corrected chi connectivity index (χ4v) is 3.83. The summed E-state index contributed by atoms with van der Waals surface area (Å²) in [6.45, 7) is 5.99. The summed E-state index contributed by atoms with van der Waals surface area (Å²) in [7, 11) is 0. The first kappa shape index (κ1) is 16.8. The molecule has 1 aliphatic heterocycles. The van der Waals surface area contributed by atoms with Gasteiger partial charge in [-0.05, 0) is 50.3 Å². The van der Waals surface area contributed by atoms with Gasteiger partial charge < -0.3 is 4.90 Å². The minimum Gasteiger partial charge on any atom is -0.338 e. The molecule has 1 amide bonds. The van der Waals surface area contributed by atoms with E-state index in [9.17, 15) is 18.0 Å². The summed E-state index contributed by atoms with van der Waals surface area (Å²) in [6, 6.07) is 2.34. The number of aromatic amines is 1. The second-order valence-corrected chi connectivity index (χ2v) is 7.07. The molecule has 1 aromatic carbocycles. The maximum Gasteiger partial charge on any atom is 0.416 e. The molecule has 1 saturated heterocycles. The van der Waals surface area contributed by atoms with Gasteiger partial charge in [0.1, 0.15) is 0 Å². The minimum absolute atomic E-state index is 0.00375. The summed E-state index contributed by atoms with van der Waals surface area (Å²) >= 11 is 0. The monoisotopic (exact) mass is 339 g/mol. The van der Waals surface area contributed by atoms with Gasteiger partial charge in [0.15, 0.2) is 0 Å². The molecule has 1 aliphatic rings. The number of alkyl halides is 3. The lowest BCUT2D eigenvalue weighted by Gasteiger charge is -2.45. The van der Waals surface area contributed by atoms with Gasteiger partial charge in [-0.1, -0.05) is 0 Å². The number of piperidine rings is 1. The first-order valence-corrected chi connectivity index (χ1v) is 7.92. The van der Waals surface area contributed by atoms with E-state index in [1.165, 1.54) is 13.0 Å². The average molecular weight is 339 g/mol. The molecule has 130 valence electrons. The lowest BCUT2D eigenvalue weighted by molar-refractivity contribution is -0.137.